The number of nitrogens with zero attached hydrogens (tertiary/aromatic N) is 4. The smallest absolute Gasteiger partial charge is 0.346 e. The van der Waals surface area contributed by atoms with Crippen LogP contribution in [0.3, 0.4) is 0 Å². The highest BCUT2D eigenvalue weighted by atomic mass is 16.4. The van der Waals surface area contributed by atoms with Gasteiger partial charge in [-0.15, -0.1) is 0 Å². The molecule has 0 aliphatic carbocycles. The fourth-order valence-corrected chi connectivity index (χ4v) is 5.94. The van der Waals surface area contributed by atoms with E-state index in [1.54, 1.807) is 30.4 Å². The molecule has 0 aliphatic heterocycles. The van der Waals surface area contributed by atoms with E-state index in [9.17, 15) is 9.59 Å². The third-order valence-electron chi connectivity index (χ3n) is 8.70. The lowest BCUT2D eigenvalue weighted by molar-refractivity contribution is -0.133. The van der Waals surface area contributed by atoms with Crippen LogP contribution in [0.4, 0.5) is 34.1 Å². The Hall–Kier alpha value is -8.20. The molecule has 0 aromatic heterocycles. The van der Waals surface area contributed by atoms with E-state index in [1.165, 1.54) is 12.2 Å². The molecule has 0 atom stereocenters. The van der Waals surface area contributed by atoms with Crippen LogP contribution in [0.5, 0.6) is 0 Å². The van der Waals surface area contributed by atoms with Gasteiger partial charge in [-0.1, -0.05) is 109 Å². The standard InChI is InChI=1S/C48H34N4O4/c1-50-46(48(55)56)17-9-11-36-20-28-43(29-21-36)52(41-15-6-3-7-16-41)45-32-24-38(25-33-45)37-22-30-44(31-23-37)51(40-13-4-2-5-14-40)42-26-18-35(19-27-42)10-8-12-39(34-49)47(53)54/h2-33H,(H,53,54)(H,55,56). The zero-order chi connectivity index (χ0) is 39.3. The molecule has 0 radical (unpaired) electrons. The molecular formula is C48H34N4O4. The zero-order valence-electron chi connectivity index (χ0n) is 30.0. The van der Waals surface area contributed by atoms with Crippen LogP contribution in [-0.4, -0.2) is 22.2 Å². The van der Waals surface area contributed by atoms with Gasteiger partial charge in [-0.05, 0) is 107 Å². The second-order valence-corrected chi connectivity index (χ2v) is 12.3. The van der Waals surface area contributed by atoms with Crippen LogP contribution in [-0.2, 0) is 9.59 Å². The molecule has 0 heterocycles. The van der Waals surface area contributed by atoms with E-state index in [4.69, 9.17) is 22.0 Å². The van der Waals surface area contributed by atoms with E-state index in [-0.39, 0.29) is 11.3 Å². The van der Waals surface area contributed by atoms with Crippen molar-refractivity contribution in [3.8, 4) is 17.2 Å². The highest BCUT2D eigenvalue weighted by Crippen LogP contribution is 2.38. The quantitative estimate of drug-likeness (QED) is 0.0527. The molecule has 270 valence electrons. The van der Waals surface area contributed by atoms with Crippen molar-refractivity contribution in [3.63, 3.8) is 0 Å². The van der Waals surface area contributed by atoms with E-state index in [0.29, 0.717) is 0 Å². The van der Waals surface area contributed by atoms with Crippen LogP contribution >= 0.6 is 0 Å². The summed E-state index contributed by atoms with van der Waals surface area (Å²) in [5.74, 6) is -2.52. The Morgan fingerprint density at radius 2 is 0.875 bits per heavy atom. The number of aliphatic carboxylic acids is 2. The van der Waals surface area contributed by atoms with Crippen LogP contribution in [0.15, 0.2) is 193 Å². The number of nitriles is 1. The number of allylic oxidation sites excluding steroid dienone is 4. The lowest BCUT2D eigenvalue weighted by atomic mass is 10.0. The maximum absolute atomic E-state index is 11.1. The second kappa shape index (κ2) is 18.0. The van der Waals surface area contributed by atoms with Crippen molar-refractivity contribution in [1.82, 2.24) is 0 Å². The largest absolute Gasteiger partial charge is 0.486 e. The van der Waals surface area contributed by atoms with Gasteiger partial charge in [0.25, 0.3) is 5.70 Å². The van der Waals surface area contributed by atoms with Crippen molar-refractivity contribution in [2.45, 2.75) is 0 Å². The summed E-state index contributed by atoms with van der Waals surface area (Å²) in [6.45, 7) is 7.01. The predicted octanol–water partition coefficient (Wildman–Crippen LogP) is 11.7. The number of carboxylic acid groups (broad SMARTS) is 2. The highest BCUT2D eigenvalue weighted by Gasteiger charge is 2.15. The Balaban J connectivity index is 1.24. The van der Waals surface area contributed by atoms with Crippen LogP contribution in [0.1, 0.15) is 11.1 Å². The summed E-state index contributed by atoms with van der Waals surface area (Å²) in [6.07, 6.45) is 9.20. The predicted molar refractivity (Wildman–Crippen MR) is 223 cm³/mol. The first kappa shape index (κ1) is 37.6. The van der Waals surface area contributed by atoms with E-state index in [0.717, 1.165) is 56.4 Å². The van der Waals surface area contributed by atoms with Crippen molar-refractivity contribution in [2.24, 2.45) is 0 Å². The minimum absolute atomic E-state index is 0.331. The number of para-hydroxylation sites is 2. The van der Waals surface area contributed by atoms with Crippen molar-refractivity contribution < 1.29 is 19.8 Å². The number of benzene rings is 6. The Kier molecular flexibility index (Phi) is 12.1. The summed E-state index contributed by atoms with van der Waals surface area (Å²) in [4.78, 5) is 29.6. The van der Waals surface area contributed by atoms with Gasteiger partial charge in [-0.2, -0.15) is 5.26 Å². The normalized spacial score (nSPS) is 11.5. The second-order valence-electron chi connectivity index (χ2n) is 12.3. The summed E-state index contributed by atoms with van der Waals surface area (Å²) in [5.41, 5.74) is 8.98. The number of carbonyl (C=O) groups is 2. The van der Waals surface area contributed by atoms with Crippen LogP contribution in [0, 0.1) is 17.9 Å². The van der Waals surface area contributed by atoms with Gasteiger partial charge in [0.2, 0.25) is 0 Å². The number of hydrogen-bond acceptors (Lipinski definition) is 5. The maximum Gasteiger partial charge on any atom is 0.346 e. The molecule has 0 saturated heterocycles. The summed E-state index contributed by atoms with van der Waals surface area (Å²) in [5, 5.41) is 27.2. The SMILES string of the molecule is [C-]#[N+]C(=CC=Cc1ccc(N(c2ccccc2)c2ccc(-c3ccc(N(c4ccccc4)c4ccc(C=CC=C(C#N)C(=O)O)cc4)cc3)cc2)cc1)C(=O)O. The number of anilines is 6. The molecule has 56 heavy (non-hydrogen) atoms. The minimum atomic E-state index is -1.26. The van der Waals surface area contributed by atoms with E-state index in [1.807, 2.05) is 84.9 Å². The van der Waals surface area contributed by atoms with Gasteiger partial charge in [0.1, 0.15) is 11.6 Å². The monoisotopic (exact) mass is 730 g/mol. The molecule has 0 amide bonds. The van der Waals surface area contributed by atoms with E-state index in [2.05, 4.69) is 87.4 Å². The molecule has 0 fully saturated rings. The molecule has 0 aliphatic rings. The van der Waals surface area contributed by atoms with Crippen molar-refractivity contribution in [2.75, 3.05) is 9.80 Å². The molecule has 8 heteroatoms. The molecule has 0 unspecified atom stereocenters. The lowest BCUT2D eigenvalue weighted by Gasteiger charge is -2.26. The van der Waals surface area contributed by atoms with E-state index >= 15 is 0 Å². The highest BCUT2D eigenvalue weighted by molar-refractivity contribution is 5.91. The molecule has 0 saturated carbocycles. The van der Waals surface area contributed by atoms with Gasteiger partial charge < -0.3 is 20.0 Å². The maximum atomic E-state index is 11.1. The van der Waals surface area contributed by atoms with Crippen molar-refractivity contribution >= 4 is 58.2 Å². The molecule has 0 bridgehead atoms. The molecule has 6 aromatic rings. The molecule has 6 aromatic carbocycles. The van der Waals surface area contributed by atoms with Crippen LogP contribution < -0.4 is 9.80 Å². The van der Waals surface area contributed by atoms with Crippen LogP contribution in [0.2, 0.25) is 0 Å². The average molecular weight is 731 g/mol. The molecule has 6 rings (SSSR count). The zero-order valence-corrected chi connectivity index (χ0v) is 30.0. The van der Waals surface area contributed by atoms with Gasteiger partial charge in [0.05, 0.1) is 6.57 Å². The number of rotatable bonds is 13. The Bertz CT molecular complexity index is 2330. The van der Waals surface area contributed by atoms with Gasteiger partial charge in [0, 0.05) is 34.1 Å². The van der Waals surface area contributed by atoms with Gasteiger partial charge in [0.15, 0.2) is 0 Å². The fourth-order valence-electron chi connectivity index (χ4n) is 5.94. The topological polar surface area (TPSA) is 109 Å². The first-order chi connectivity index (χ1) is 27.3. The fraction of sp³-hybridized carbons (Fsp3) is 0. The first-order valence-electron chi connectivity index (χ1n) is 17.5. The molecular weight excluding hydrogens is 697 g/mol. The Morgan fingerprint density at radius 1 is 0.518 bits per heavy atom. The van der Waals surface area contributed by atoms with Crippen molar-refractivity contribution in [1.29, 1.82) is 5.26 Å². The van der Waals surface area contributed by atoms with E-state index < -0.39 is 11.9 Å². The molecule has 8 nitrogen and oxygen atoms in total. The minimum Gasteiger partial charge on any atom is -0.486 e. The summed E-state index contributed by atoms with van der Waals surface area (Å²) >= 11 is 0. The third-order valence-corrected chi connectivity index (χ3v) is 8.70. The summed E-state index contributed by atoms with van der Waals surface area (Å²) in [7, 11) is 0. The third kappa shape index (κ3) is 9.23. The molecule has 0 spiro atoms. The Morgan fingerprint density at radius 3 is 1.21 bits per heavy atom. The van der Waals surface area contributed by atoms with Crippen LogP contribution in [0.25, 0.3) is 28.1 Å². The lowest BCUT2D eigenvalue weighted by Crippen LogP contribution is -2.10. The first-order valence-corrected chi connectivity index (χ1v) is 17.5. The number of hydrogen-bond donors (Lipinski definition) is 2. The summed E-state index contributed by atoms with van der Waals surface area (Å²) < 4.78 is 0. The van der Waals surface area contributed by atoms with Gasteiger partial charge in [-0.25, -0.2) is 9.64 Å². The average Bonchev–Trinajstić information content (AvgIpc) is 3.23. The number of carboxylic acids is 2. The van der Waals surface area contributed by atoms with Crippen molar-refractivity contribution in [3.05, 3.63) is 216 Å². The van der Waals surface area contributed by atoms with Gasteiger partial charge >= 0.3 is 11.9 Å². The molecule has 2 N–H and O–H groups in total. The Labute approximate surface area is 325 Å². The van der Waals surface area contributed by atoms with Gasteiger partial charge in [-0.3, -0.25) is 4.79 Å². The summed E-state index contributed by atoms with van der Waals surface area (Å²) in [6, 6.07) is 54.4.